The minimum absolute atomic E-state index is 0.379. The number of rotatable bonds is 4. The number of nitrogens with one attached hydrogen (secondary N) is 1. The van der Waals surface area contributed by atoms with E-state index in [1.807, 2.05) is 0 Å². The minimum atomic E-state index is 0.379. The molecule has 0 bridgehead atoms. The zero-order valence-corrected chi connectivity index (χ0v) is 15.2. The Morgan fingerprint density at radius 2 is 2.20 bits per heavy atom. The number of thioether (sulfide) groups is 1. The van der Waals surface area contributed by atoms with E-state index in [2.05, 4.69) is 83.8 Å². The van der Waals surface area contributed by atoms with Gasteiger partial charge in [-0.1, -0.05) is 29.8 Å². The van der Waals surface area contributed by atoms with Crippen molar-refractivity contribution in [3.8, 4) is 0 Å². The molecular formula is C16H25BrN2S. The SMILES string of the molecule is CCNC(C)c1cc(Br)ccc1N1CCSC(C)C1C. The zero-order valence-electron chi connectivity index (χ0n) is 12.8. The molecule has 3 unspecified atom stereocenters. The molecule has 0 aromatic heterocycles. The molecule has 0 radical (unpaired) electrons. The monoisotopic (exact) mass is 356 g/mol. The lowest BCUT2D eigenvalue weighted by molar-refractivity contribution is 0.582. The van der Waals surface area contributed by atoms with Gasteiger partial charge in [-0.2, -0.15) is 11.8 Å². The van der Waals surface area contributed by atoms with Gasteiger partial charge in [0.1, 0.15) is 0 Å². The van der Waals surface area contributed by atoms with Crippen molar-refractivity contribution in [2.45, 2.75) is 45.0 Å². The molecule has 112 valence electrons. The second-order valence-corrected chi connectivity index (χ2v) is 7.89. The van der Waals surface area contributed by atoms with Crippen LogP contribution < -0.4 is 10.2 Å². The first-order chi connectivity index (χ1) is 9.54. The standard InChI is InChI=1S/C16H25BrN2S/c1-5-18-11(2)15-10-14(17)6-7-16(15)19-8-9-20-13(4)12(19)3/h6-7,10-13,18H,5,8-9H2,1-4H3. The summed E-state index contributed by atoms with van der Waals surface area (Å²) in [6.07, 6.45) is 0. The molecule has 0 amide bonds. The molecule has 1 aliphatic rings. The molecule has 1 aromatic carbocycles. The summed E-state index contributed by atoms with van der Waals surface area (Å²) in [4.78, 5) is 2.58. The Hall–Kier alpha value is -0.190. The first-order valence-electron chi connectivity index (χ1n) is 7.45. The molecular weight excluding hydrogens is 332 g/mol. The first kappa shape index (κ1) is 16.2. The second-order valence-electron chi connectivity index (χ2n) is 5.49. The van der Waals surface area contributed by atoms with Gasteiger partial charge >= 0.3 is 0 Å². The normalized spacial score (nSPS) is 24.8. The predicted molar refractivity (Wildman–Crippen MR) is 95.0 cm³/mol. The van der Waals surface area contributed by atoms with E-state index in [9.17, 15) is 0 Å². The Balaban J connectivity index is 2.34. The van der Waals surface area contributed by atoms with Crippen LogP contribution in [0.25, 0.3) is 0 Å². The van der Waals surface area contributed by atoms with Crippen molar-refractivity contribution in [3.05, 3.63) is 28.2 Å². The van der Waals surface area contributed by atoms with Crippen LogP contribution in [-0.4, -0.2) is 30.1 Å². The fourth-order valence-corrected chi connectivity index (χ4v) is 4.30. The third-order valence-corrected chi connectivity index (χ3v) is 5.99. The van der Waals surface area contributed by atoms with Crippen molar-refractivity contribution >= 4 is 33.4 Å². The summed E-state index contributed by atoms with van der Waals surface area (Å²) in [5.74, 6) is 1.22. The van der Waals surface area contributed by atoms with Crippen LogP contribution in [0.3, 0.4) is 0 Å². The first-order valence-corrected chi connectivity index (χ1v) is 9.29. The minimum Gasteiger partial charge on any atom is -0.367 e. The third-order valence-electron chi connectivity index (χ3n) is 4.16. The number of hydrogen-bond acceptors (Lipinski definition) is 3. The van der Waals surface area contributed by atoms with Gasteiger partial charge in [-0.3, -0.25) is 0 Å². The van der Waals surface area contributed by atoms with E-state index < -0.39 is 0 Å². The number of benzene rings is 1. The molecule has 1 N–H and O–H groups in total. The van der Waals surface area contributed by atoms with Crippen molar-refractivity contribution in [2.24, 2.45) is 0 Å². The molecule has 2 nitrogen and oxygen atoms in total. The van der Waals surface area contributed by atoms with E-state index in [0.29, 0.717) is 17.3 Å². The number of anilines is 1. The van der Waals surface area contributed by atoms with Crippen molar-refractivity contribution in [1.29, 1.82) is 0 Å². The Morgan fingerprint density at radius 3 is 2.90 bits per heavy atom. The summed E-state index contributed by atoms with van der Waals surface area (Å²) in [5, 5.41) is 4.23. The Morgan fingerprint density at radius 1 is 1.45 bits per heavy atom. The molecule has 20 heavy (non-hydrogen) atoms. The van der Waals surface area contributed by atoms with Crippen molar-refractivity contribution < 1.29 is 0 Å². The Labute approximate surface area is 135 Å². The lowest BCUT2D eigenvalue weighted by Crippen LogP contribution is -2.45. The fraction of sp³-hybridized carbons (Fsp3) is 0.625. The van der Waals surface area contributed by atoms with Gasteiger partial charge in [-0.15, -0.1) is 0 Å². The van der Waals surface area contributed by atoms with E-state index in [-0.39, 0.29) is 0 Å². The van der Waals surface area contributed by atoms with Crippen LogP contribution in [0.5, 0.6) is 0 Å². The van der Waals surface area contributed by atoms with Crippen molar-refractivity contribution in [1.82, 2.24) is 5.32 Å². The molecule has 0 aliphatic carbocycles. The Kier molecular flexibility index (Phi) is 5.82. The third kappa shape index (κ3) is 3.52. The van der Waals surface area contributed by atoms with Crippen LogP contribution in [0.4, 0.5) is 5.69 Å². The van der Waals surface area contributed by atoms with Gasteiger partial charge in [0, 0.05) is 39.8 Å². The maximum absolute atomic E-state index is 3.62. The molecule has 1 saturated heterocycles. The quantitative estimate of drug-likeness (QED) is 0.857. The highest BCUT2D eigenvalue weighted by Crippen LogP contribution is 2.35. The van der Waals surface area contributed by atoms with Crippen LogP contribution in [0.2, 0.25) is 0 Å². The zero-order chi connectivity index (χ0) is 14.7. The summed E-state index contributed by atoms with van der Waals surface area (Å²) in [6, 6.07) is 7.66. The fourth-order valence-electron chi connectivity index (χ4n) is 2.82. The molecule has 1 heterocycles. The van der Waals surface area contributed by atoms with Crippen LogP contribution >= 0.6 is 27.7 Å². The molecule has 2 rings (SSSR count). The van der Waals surface area contributed by atoms with Crippen LogP contribution in [-0.2, 0) is 0 Å². The van der Waals surface area contributed by atoms with Gasteiger partial charge in [0.05, 0.1) is 0 Å². The highest BCUT2D eigenvalue weighted by molar-refractivity contribution is 9.10. The smallest absolute Gasteiger partial charge is 0.0418 e. The Bertz CT molecular complexity index is 452. The predicted octanol–water partition coefficient (Wildman–Crippen LogP) is 4.45. The van der Waals surface area contributed by atoms with E-state index >= 15 is 0 Å². The molecule has 4 heteroatoms. The molecule has 0 spiro atoms. The number of hydrogen-bond donors (Lipinski definition) is 1. The molecule has 3 atom stereocenters. The molecule has 0 saturated carbocycles. The van der Waals surface area contributed by atoms with E-state index in [4.69, 9.17) is 0 Å². The summed E-state index contributed by atoms with van der Waals surface area (Å²) in [7, 11) is 0. The van der Waals surface area contributed by atoms with Gasteiger partial charge in [0.2, 0.25) is 0 Å². The average molecular weight is 357 g/mol. The van der Waals surface area contributed by atoms with Gasteiger partial charge in [0.25, 0.3) is 0 Å². The van der Waals surface area contributed by atoms with E-state index in [0.717, 1.165) is 17.6 Å². The summed E-state index contributed by atoms with van der Waals surface area (Å²) < 4.78 is 1.16. The molecule has 1 aromatic rings. The lowest BCUT2D eigenvalue weighted by atomic mass is 10.0. The average Bonchev–Trinajstić information content (AvgIpc) is 2.42. The van der Waals surface area contributed by atoms with Gasteiger partial charge in [-0.25, -0.2) is 0 Å². The van der Waals surface area contributed by atoms with Gasteiger partial charge in [-0.05, 0) is 44.2 Å². The van der Waals surface area contributed by atoms with E-state index in [1.165, 1.54) is 17.0 Å². The summed E-state index contributed by atoms with van der Waals surface area (Å²) in [5.41, 5.74) is 2.79. The summed E-state index contributed by atoms with van der Waals surface area (Å²) in [6.45, 7) is 11.2. The van der Waals surface area contributed by atoms with Crippen molar-refractivity contribution in [3.63, 3.8) is 0 Å². The number of halogens is 1. The lowest BCUT2D eigenvalue weighted by Gasteiger charge is -2.40. The van der Waals surface area contributed by atoms with Crippen LogP contribution in [0.1, 0.15) is 39.3 Å². The van der Waals surface area contributed by atoms with Crippen LogP contribution in [0.15, 0.2) is 22.7 Å². The highest BCUT2D eigenvalue weighted by Gasteiger charge is 2.27. The van der Waals surface area contributed by atoms with E-state index in [1.54, 1.807) is 0 Å². The maximum Gasteiger partial charge on any atom is 0.0418 e. The number of nitrogens with zero attached hydrogens (tertiary/aromatic N) is 1. The highest BCUT2D eigenvalue weighted by atomic mass is 79.9. The topological polar surface area (TPSA) is 15.3 Å². The van der Waals surface area contributed by atoms with Gasteiger partial charge in [0.15, 0.2) is 0 Å². The largest absolute Gasteiger partial charge is 0.367 e. The molecule has 1 fully saturated rings. The molecule has 1 aliphatic heterocycles. The van der Waals surface area contributed by atoms with Gasteiger partial charge < -0.3 is 10.2 Å². The summed E-state index contributed by atoms with van der Waals surface area (Å²) >= 11 is 5.70. The van der Waals surface area contributed by atoms with Crippen molar-refractivity contribution in [2.75, 3.05) is 23.7 Å². The van der Waals surface area contributed by atoms with Crippen LogP contribution in [0, 0.1) is 0 Å². The maximum atomic E-state index is 3.62. The second kappa shape index (κ2) is 7.19.